The topological polar surface area (TPSA) is 59.1 Å². The highest BCUT2D eigenvalue weighted by Gasteiger charge is 2.11. The van der Waals surface area contributed by atoms with E-state index in [0.717, 1.165) is 5.69 Å². The van der Waals surface area contributed by atoms with Gasteiger partial charge in [0.05, 0.1) is 6.10 Å². The Morgan fingerprint density at radius 3 is 2.85 bits per heavy atom. The lowest BCUT2D eigenvalue weighted by Crippen LogP contribution is -2.07. The van der Waals surface area contributed by atoms with Crippen LogP contribution in [0.5, 0.6) is 0 Å². The Labute approximate surface area is 82.5 Å². The fourth-order valence-electron chi connectivity index (χ4n) is 1.10. The molecule has 4 heteroatoms. The molecule has 0 aliphatic heterocycles. The number of nitrogens with zero attached hydrogens (tertiary/aromatic N) is 1. The Hall–Kier alpha value is -0.640. The molecule has 1 aromatic heterocycles. The van der Waals surface area contributed by atoms with Crippen LogP contribution in [-0.4, -0.2) is 16.6 Å². The molecule has 0 radical (unpaired) electrons. The number of hydrogen-bond donors (Lipinski definition) is 2. The maximum absolute atomic E-state index is 9.59. The smallest absolute Gasteiger partial charge is 0.135 e. The van der Waals surface area contributed by atoms with E-state index in [1.54, 1.807) is 6.07 Å². The number of aliphatic hydroxyl groups excluding tert-OH is 1. The van der Waals surface area contributed by atoms with Gasteiger partial charge in [-0.05, 0) is 26.0 Å². The zero-order valence-electron chi connectivity index (χ0n) is 7.50. The summed E-state index contributed by atoms with van der Waals surface area (Å²) in [7, 11) is 0. The van der Waals surface area contributed by atoms with Crippen molar-refractivity contribution in [3.05, 3.63) is 28.5 Å². The second-order valence-corrected chi connectivity index (χ2v) is 3.28. The van der Waals surface area contributed by atoms with Gasteiger partial charge in [0.15, 0.2) is 0 Å². The van der Waals surface area contributed by atoms with Crippen LogP contribution in [0.2, 0.25) is 5.15 Å². The van der Waals surface area contributed by atoms with Crippen LogP contribution in [0.25, 0.3) is 0 Å². The zero-order valence-corrected chi connectivity index (χ0v) is 8.25. The monoisotopic (exact) mass is 200 g/mol. The Balaban J connectivity index is 2.88. The van der Waals surface area contributed by atoms with Crippen molar-refractivity contribution in [3.8, 4) is 0 Å². The summed E-state index contributed by atoms with van der Waals surface area (Å²) >= 11 is 5.85. The van der Waals surface area contributed by atoms with Gasteiger partial charge in [-0.1, -0.05) is 17.7 Å². The van der Waals surface area contributed by atoms with Crippen molar-refractivity contribution in [1.82, 2.24) is 4.98 Å². The van der Waals surface area contributed by atoms with Gasteiger partial charge in [-0.2, -0.15) is 0 Å². The summed E-state index contributed by atoms with van der Waals surface area (Å²) in [6.07, 6.45) is -0.102. The third kappa shape index (κ3) is 2.66. The van der Waals surface area contributed by atoms with E-state index in [0.29, 0.717) is 23.7 Å². The van der Waals surface area contributed by atoms with E-state index in [4.69, 9.17) is 17.3 Å². The zero-order chi connectivity index (χ0) is 9.84. The van der Waals surface area contributed by atoms with Gasteiger partial charge < -0.3 is 10.8 Å². The lowest BCUT2D eigenvalue weighted by atomic mass is 10.1. The minimum absolute atomic E-state index is 0.362. The molecule has 0 saturated heterocycles. The maximum atomic E-state index is 9.59. The molecule has 0 bridgehead atoms. The molecular weight excluding hydrogens is 188 g/mol. The van der Waals surface area contributed by atoms with Gasteiger partial charge in [0, 0.05) is 11.3 Å². The van der Waals surface area contributed by atoms with Crippen LogP contribution >= 0.6 is 11.6 Å². The number of hydrogen-bond acceptors (Lipinski definition) is 3. The molecule has 0 fully saturated rings. The molecule has 0 saturated carbocycles. The van der Waals surface area contributed by atoms with Gasteiger partial charge in [0.25, 0.3) is 0 Å². The highest BCUT2D eigenvalue weighted by molar-refractivity contribution is 6.30. The number of aliphatic hydroxyl groups is 1. The molecule has 1 atom stereocenters. The minimum atomic E-state index is -0.606. The van der Waals surface area contributed by atoms with Gasteiger partial charge in [0.1, 0.15) is 5.15 Å². The summed E-state index contributed by atoms with van der Waals surface area (Å²) in [5.74, 6) is 0. The van der Waals surface area contributed by atoms with Crippen molar-refractivity contribution >= 4 is 11.6 Å². The van der Waals surface area contributed by atoms with Crippen molar-refractivity contribution in [1.29, 1.82) is 0 Å². The van der Waals surface area contributed by atoms with E-state index in [1.807, 2.05) is 13.0 Å². The molecule has 0 aromatic carbocycles. The molecule has 1 rings (SSSR count). The van der Waals surface area contributed by atoms with E-state index in [1.165, 1.54) is 0 Å². The first-order valence-electron chi connectivity index (χ1n) is 4.16. The molecule has 13 heavy (non-hydrogen) atoms. The van der Waals surface area contributed by atoms with Crippen LogP contribution in [0.3, 0.4) is 0 Å². The molecule has 0 spiro atoms. The minimum Gasteiger partial charge on any atom is -0.388 e. The second-order valence-electron chi connectivity index (χ2n) is 2.93. The first kappa shape index (κ1) is 10.4. The lowest BCUT2D eigenvalue weighted by Gasteiger charge is -2.10. The van der Waals surface area contributed by atoms with Gasteiger partial charge in [-0.25, -0.2) is 4.98 Å². The van der Waals surface area contributed by atoms with E-state index in [2.05, 4.69) is 4.98 Å². The van der Waals surface area contributed by atoms with Crippen LogP contribution in [0, 0.1) is 6.92 Å². The van der Waals surface area contributed by atoms with E-state index in [9.17, 15) is 5.11 Å². The van der Waals surface area contributed by atoms with E-state index < -0.39 is 6.10 Å². The predicted octanol–water partition coefficient (Wildman–Crippen LogP) is 1.43. The maximum Gasteiger partial charge on any atom is 0.135 e. The van der Waals surface area contributed by atoms with Crippen molar-refractivity contribution < 1.29 is 5.11 Å². The number of rotatable bonds is 3. The highest BCUT2D eigenvalue weighted by atomic mass is 35.5. The van der Waals surface area contributed by atoms with Crippen LogP contribution in [0.4, 0.5) is 0 Å². The van der Waals surface area contributed by atoms with Gasteiger partial charge in [-0.3, -0.25) is 0 Å². The van der Waals surface area contributed by atoms with Crippen molar-refractivity contribution in [2.75, 3.05) is 6.54 Å². The van der Waals surface area contributed by atoms with Gasteiger partial charge >= 0.3 is 0 Å². The number of nitrogens with two attached hydrogens (primary N) is 1. The first-order chi connectivity index (χ1) is 6.15. The molecule has 0 aliphatic rings. The summed E-state index contributed by atoms with van der Waals surface area (Å²) in [5.41, 5.74) is 6.82. The molecule has 72 valence electrons. The van der Waals surface area contributed by atoms with E-state index in [-0.39, 0.29) is 0 Å². The van der Waals surface area contributed by atoms with Gasteiger partial charge in [0.2, 0.25) is 0 Å². The fourth-order valence-corrected chi connectivity index (χ4v) is 1.42. The number of aromatic nitrogens is 1. The first-order valence-corrected chi connectivity index (χ1v) is 4.54. The fraction of sp³-hybridized carbons (Fsp3) is 0.444. The third-order valence-electron chi connectivity index (χ3n) is 1.82. The number of aryl methyl sites for hydroxylation is 1. The Kier molecular flexibility index (Phi) is 3.66. The average Bonchev–Trinajstić information content (AvgIpc) is 2.04. The Morgan fingerprint density at radius 1 is 1.62 bits per heavy atom. The van der Waals surface area contributed by atoms with E-state index >= 15 is 0 Å². The second kappa shape index (κ2) is 4.56. The van der Waals surface area contributed by atoms with Crippen molar-refractivity contribution in [3.63, 3.8) is 0 Å². The summed E-state index contributed by atoms with van der Waals surface area (Å²) in [6.45, 7) is 2.29. The van der Waals surface area contributed by atoms with Crippen LogP contribution < -0.4 is 5.73 Å². The average molecular weight is 201 g/mol. The standard InChI is InChI=1S/C9H13ClN2O/c1-6-2-3-7(9(10)12-6)8(13)4-5-11/h2-3,8,13H,4-5,11H2,1H3. The van der Waals surface area contributed by atoms with Crippen LogP contribution in [-0.2, 0) is 0 Å². The Bertz CT molecular complexity index is 291. The summed E-state index contributed by atoms with van der Waals surface area (Å²) < 4.78 is 0. The van der Waals surface area contributed by atoms with Gasteiger partial charge in [-0.15, -0.1) is 0 Å². The molecule has 1 heterocycles. The van der Waals surface area contributed by atoms with Crippen molar-refractivity contribution in [2.24, 2.45) is 5.73 Å². The summed E-state index contributed by atoms with van der Waals surface area (Å²) in [5, 5.41) is 9.95. The molecular formula is C9H13ClN2O. The molecule has 0 aliphatic carbocycles. The number of pyridine rings is 1. The Morgan fingerprint density at radius 2 is 2.31 bits per heavy atom. The molecule has 1 unspecified atom stereocenters. The van der Waals surface area contributed by atoms with Crippen LogP contribution in [0.15, 0.2) is 12.1 Å². The lowest BCUT2D eigenvalue weighted by molar-refractivity contribution is 0.170. The summed E-state index contributed by atoms with van der Waals surface area (Å²) in [4.78, 5) is 4.04. The van der Waals surface area contributed by atoms with Crippen LogP contribution in [0.1, 0.15) is 23.8 Å². The normalized spacial score (nSPS) is 12.9. The summed E-state index contributed by atoms with van der Waals surface area (Å²) in [6, 6.07) is 3.60. The molecule has 0 amide bonds. The number of halogens is 1. The predicted molar refractivity (Wildman–Crippen MR) is 52.6 cm³/mol. The van der Waals surface area contributed by atoms with Crippen molar-refractivity contribution in [2.45, 2.75) is 19.4 Å². The third-order valence-corrected chi connectivity index (χ3v) is 2.12. The molecule has 1 aromatic rings. The molecule has 3 N–H and O–H groups in total. The SMILES string of the molecule is Cc1ccc(C(O)CCN)c(Cl)n1. The molecule has 3 nitrogen and oxygen atoms in total. The highest BCUT2D eigenvalue weighted by Crippen LogP contribution is 2.23. The quantitative estimate of drug-likeness (QED) is 0.726. The largest absolute Gasteiger partial charge is 0.388 e.